The van der Waals surface area contributed by atoms with E-state index < -0.39 is 5.60 Å². The van der Waals surface area contributed by atoms with Gasteiger partial charge >= 0.3 is 6.09 Å². The van der Waals surface area contributed by atoms with Gasteiger partial charge in [-0.3, -0.25) is 0 Å². The lowest BCUT2D eigenvalue weighted by molar-refractivity contribution is 0.0258. The highest BCUT2D eigenvalue weighted by Crippen LogP contribution is 2.11. The summed E-state index contributed by atoms with van der Waals surface area (Å²) >= 11 is 0. The third-order valence-corrected chi connectivity index (χ3v) is 2.10. The molecule has 1 aliphatic rings. The molecule has 1 amide bonds. The lowest BCUT2D eigenvalue weighted by atomic mass is 10.0. The maximum atomic E-state index is 11.5. The van der Waals surface area contributed by atoms with Crippen LogP contribution in [0.1, 0.15) is 20.8 Å². The number of carbonyl (C=O) groups is 1. The molecule has 90 valence electrons. The first-order chi connectivity index (χ1) is 6.38. The predicted molar refractivity (Wildman–Crippen MR) is 62.5 cm³/mol. The molecule has 1 fully saturated rings. The number of carbonyl (C=O) groups excluding carboxylic acids is 1. The van der Waals surface area contributed by atoms with Crippen LogP contribution in [0.3, 0.4) is 0 Å². The Morgan fingerprint density at radius 3 is 2.33 bits per heavy atom. The number of hydrogen-bond acceptors (Lipinski definition) is 3. The van der Waals surface area contributed by atoms with Gasteiger partial charge in [-0.05, 0) is 20.8 Å². The van der Waals surface area contributed by atoms with E-state index in [0.717, 1.165) is 19.6 Å². The van der Waals surface area contributed by atoms with E-state index in [1.165, 1.54) is 0 Å². The number of nitrogens with one attached hydrogen (secondary N) is 1. The van der Waals surface area contributed by atoms with E-state index in [9.17, 15) is 4.79 Å². The van der Waals surface area contributed by atoms with E-state index >= 15 is 0 Å². The van der Waals surface area contributed by atoms with Gasteiger partial charge in [0.15, 0.2) is 0 Å². The minimum Gasteiger partial charge on any atom is -0.444 e. The minimum absolute atomic E-state index is 0. The first-order valence-electron chi connectivity index (χ1n) is 5.03. The quantitative estimate of drug-likeness (QED) is 0.790. The molecule has 0 aromatic heterocycles. The van der Waals surface area contributed by atoms with E-state index in [4.69, 9.17) is 4.74 Å². The zero-order valence-electron chi connectivity index (χ0n) is 9.87. The van der Waals surface area contributed by atoms with Crippen LogP contribution in [0, 0.1) is 5.92 Å². The summed E-state index contributed by atoms with van der Waals surface area (Å²) in [5.74, 6) is 0.590. The maximum absolute atomic E-state index is 11.5. The molecule has 1 rings (SSSR count). The molecule has 0 unspecified atom stereocenters. The Balaban J connectivity index is 0.00000196. The fourth-order valence-corrected chi connectivity index (χ4v) is 1.28. The summed E-state index contributed by atoms with van der Waals surface area (Å²) in [5, 5.41) is 3.17. The average molecular weight is 237 g/mol. The average Bonchev–Trinajstić information content (AvgIpc) is 1.92. The number of rotatable bonds is 2. The Bertz CT molecular complexity index is 212. The van der Waals surface area contributed by atoms with Crippen molar-refractivity contribution in [3.8, 4) is 0 Å². The highest BCUT2D eigenvalue weighted by Gasteiger charge is 2.24. The van der Waals surface area contributed by atoms with Crippen molar-refractivity contribution in [1.29, 1.82) is 0 Å². The normalized spacial score (nSPS) is 16.3. The van der Waals surface area contributed by atoms with Crippen LogP contribution in [0.5, 0.6) is 0 Å². The molecule has 0 aromatic rings. The van der Waals surface area contributed by atoms with Gasteiger partial charge in [0.1, 0.15) is 5.60 Å². The summed E-state index contributed by atoms with van der Waals surface area (Å²) in [6.07, 6.45) is -0.232. The van der Waals surface area contributed by atoms with Crippen molar-refractivity contribution < 1.29 is 9.53 Å². The van der Waals surface area contributed by atoms with Crippen LogP contribution >= 0.6 is 12.4 Å². The van der Waals surface area contributed by atoms with Crippen LogP contribution in [0.25, 0.3) is 0 Å². The molecule has 0 aliphatic carbocycles. The number of ether oxygens (including phenoxy) is 1. The van der Waals surface area contributed by atoms with Crippen LogP contribution in [0.15, 0.2) is 0 Å². The van der Waals surface area contributed by atoms with Crippen molar-refractivity contribution in [3.05, 3.63) is 0 Å². The second-order valence-electron chi connectivity index (χ2n) is 4.89. The van der Waals surface area contributed by atoms with Crippen LogP contribution < -0.4 is 5.32 Å². The molecule has 0 spiro atoms. The lowest BCUT2D eigenvalue weighted by Gasteiger charge is -2.32. The van der Waals surface area contributed by atoms with Crippen molar-refractivity contribution in [2.45, 2.75) is 26.4 Å². The summed E-state index contributed by atoms with van der Waals surface area (Å²) < 4.78 is 5.24. The van der Waals surface area contributed by atoms with Crippen LogP contribution in [-0.2, 0) is 4.74 Å². The third-order valence-electron chi connectivity index (χ3n) is 2.10. The van der Waals surface area contributed by atoms with Crippen molar-refractivity contribution in [2.75, 3.05) is 26.7 Å². The largest absolute Gasteiger partial charge is 0.444 e. The second-order valence-corrected chi connectivity index (χ2v) is 4.89. The molecular weight excluding hydrogens is 216 g/mol. The van der Waals surface area contributed by atoms with E-state index in [2.05, 4.69) is 5.32 Å². The molecule has 0 radical (unpaired) electrons. The molecule has 1 heterocycles. The van der Waals surface area contributed by atoms with Crippen LogP contribution in [0.4, 0.5) is 4.79 Å². The van der Waals surface area contributed by atoms with E-state index in [0.29, 0.717) is 5.92 Å². The maximum Gasteiger partial charge on any atom is 0.410 e. The van der Waals surface area contributed by atoms with Gasteiger partial charge < -0.3 is 15.0 Å². The van der Waals surface area contributed by atoms with Gasteiger partial charge in [-0.2, -0.15) is 0 Å². The molecule has 5 heteroatoms. The molecule has 1 saturated heterocycles. The smallest absolute Gasteiger partial charge is 0.410 e. The minimum atomic E-state index is -0.400. The van der Waals surface area contributed by atoms with E-state index in [-0.39, 0.29) is 18.5 Å². The molecule has 15 heavy (non-hydrogen) atoms. The van der Waals surface area contributed by atoms with Gasteiger partial charge in [0.25, 0.3) is 0 Å². The molecule has 1 aliphatic heterocycles. The summed E-state index contributed by atoms with van der Waals surface area (Å²) in [6, 6.07) is 0. The Labute approximate surface area is 97.8 Å². The van der Waals surface area contributed by atoms with Crippen molar-refractivity contribution >= 4 is 18.5 Å². The van der Waals surface area contributed by atoms with Gasteiger partial charge in [0.05, 0.1) is 0 Å². The molecule has 0 saturated carbocycles. The summed E-state index contributed by atoms with van der Waals surface area (Å²) in [5.41, 5.74) is -0.400. The predicted octanol–water partition coefficient (Wildman–Crippen LogP) is 1.49. The summed E-state index contributed by atoms with van der Waals surface area (Å²) in [7, 11) is 1.78. The van der Waals surface area contributed by atoms with Gasteiger partial charge in [-0.15, -0.1) is 12.4 Å². The lowest BCUT2D eigenvalue weighted by Crippen LogP contribution is -2.49. The molecule has 0 atom stereocenters. The standard InChI is InChI=1S/C10H20N2O2.ClH/c1-10(2,3)14-9(13)12(4)7-8-5-11-6-8;/h8,11H,5-7H2,1-4H3;1H. The van der Waals surface area contributed by atoms with E-state index in [1.54, 1.807) is 11.9 Å². The Morgan fingerprint density at radius 2 is 2.00 bits per heavy atom. The van der Waals surface area contributed by atoms with Crippen LogP contribution in [-0.4, -0.2) is 43.3 Å². The molecule has 1 N–H and O–H groups in total. The Morgan fingerprint density at radius 1 is 1.47 bits per heavy atom. The molecule has 0 aromatic carbocycles. The van der Waals surface area contributed by atoms with Gasteiger partial charge in [0.2, 0.25) is 0 Å². The number of amides is 1. The third kappa shape index (κ3) is 5.23. The number of nitrogens with zero attached hydrogens (tertiary/aromatic N) is 1. The Hall–Kier alpha value is -0.480. The fourth-order valence-electron chi connectivity index (χ4n) is 1.28. The van der Waals surface area contributed by atoms with Gasteiger partial charge in [0, 0.05) is 32.6 Å². The summed E-state index contributed by atoms with van der Waals surface area (Å²) in [4.78, 5) is 13.2. The Kier molecular flexibility index (Phi) is 5.38. The van der Waals surface area contributed by atoms with Crippen molar-refractivity contribution in [2.24, 2.45) is 5.92 Å². The fraction of sp³-hybridized carbons (Fsp3) is 0.900. The zero-order valence-corrected chi connectivity index (χ0v) is 10.7. The number of hydrogen-bond donors (Lipinski definition) is 1. The van der Waals surface area contributed by atoms with Crippen molar-refractivity contribution in [3.63, 3.8) is 0 Å². The molecule has 0 bridgehead atoms. The first kappa shape index (κ1) is 14.5. The van der Waals surface area contributed by atoms with Crippen molar-refractivity contribution in [1.82, 2.24) is 10.2 Å². The van der Waals surface area contributed by atoms with Gasteiger partial charge in [-0.25, -0.2) is 4.79 Å². The molecular formula is C10H21ClN2O2. The van der Waals surface area contributed by atoms with Gasteiger partial charge in [-0.1, -0.05) is 0 Å². The van der Waals surface area contributed by atoms with Crippen LogP contribution in [0.2, 0.25) is 0 Å². The SMILES string of the molecule is CN(CC1CNC1)C(=O)OC(C)(C)C.Cl. The highest BCUT2D eigenvalue weighted by molar-refractivity contribution is 5.85. The number of halogens is 1. The zero-order chi connectivity index (χ0) is 10.8. The first-order valence-corrected chi connectivity index (χ1v) is 5.03. The summed E-state index contributed by atoms with van der Waals surface area (Å²) in [6.45, 7) is 8.43. The van der Waals surface area contributed by atoms with E-state index in [1.807, 2.05) is 20.8 Å². The molecule has 4 nitrogen and oxygen atoms in total. The monoisotopic (exact) mass is 236 g/mol. The second kappa shape index (κ2) is 5.56. The topological polar surface area (TPSA) is 41.6 Å². The highest BCUT2D eigenvalue weighted by atomic mass is 35.5.